The highest BCUT2D eigenvalue weighted by molar-refractivity contribution is 6.30. The highest BCUT2D eigenvalue weighted by Crippen LogP contribution is 2.16. The van der Waals surface area contributed by atoms with Gasteiger partial charge in [-0.05, 0) is 24.5 Å². The van der Waals surface area contributed by atoms with E-state index in [1.54, 1.807) is 11.0 Å². The number of ether oxygens (including phenoxy) is 1. The van der Waals surface area contributed by atoms with E-state index in [4.69, 9.17) is 16.3 Å². The van der Waals surface area contributed by atoms with Crippen molar-refractivity contribution in [1.29, 1.82) is 0 Å². The van der Waals surface area contributed by atoms with Crippen LogP contribution in [0.15, 0.2) is 48.8 Å². The van der Waals surface area contributed by atoms with E-state index in [2.05, 4.69) is 9.97 Å². The van der Waals surface area contributed by atoms with Crippen LogP contribution >= 0.6 is 11.6 Å². The highest BCUT2D eigenvalue weighted by Gasteiger charge is 2.24. The summed E-state index contributed by atoms with van der Waals surface area (Å²) in [6, 6.07) is 10.1. The van der Waals surface area contributed by atoms with Crippen molar-refractivity contribution in [2.24, 2.45) is 0 Å². The molecule has 1 aliphatic heterocycles. The van der Waals surface area contributed by atoms with Crippen LogP contribution in [0.3, 0.4) is 0 Å². The smallest absolute Gasteiger partial charge is 0.316 e. The maximum Gasteiger partial charge on any atom is 0.316 e. The second-order valence-electron chi connectivity index (χ2n) is 5.59. The number of amides is 1. The van der Waals surface area contributed by atoms with Crippen LogP contribution < -0.4 is 4.74 Å². The topological polar surface area (TPSA) is 55.3 Å². The number of hydrogen-bond donors (Lipinski definition) is 0. The Labute approximate surface area is 145 Å². The van der Waals surface area contributed by atoms with Crippen LogP contribution in [0, 0.1) is 0 Å². The largest absolute Gasteiger partial charge is 0.458 e. The van der Waals surface area contributed by atoms with Gasteiger partial charge >= 0.3 is 6.01 Å². The lowest BCUT2D eigenvalue weighted by Gasteiger charge is -2.31. The molecule has 1 aromatic heterocycles. The number of piperidine rings is 1. The van der Waals surface area contributed by atoms with Crippen molar-refractivity contribution in [3.05, 3.63) is 59.4 Å². The van der Waals surface area contributed by atoms with Gasteiger partial charge in [-0.15, -0.1) is 0 Å². The molecule has 0 N–H and O–H groups in total. The molecule has 1 saturated heterocycles. The van der Waals surface area contributed by atoms with Crippen LogP contribution in [0.4, 0.5) is 0 Å². The average molecular weight is 344 g/mol. The summed E-state index contributed by atoms with van der Waals surface area (Å²) in [4.78, 5) is 22.2. The lowest BCUT2D eigenvalue weighted by atomic mass is 10.1. The van der Waals surface area contributed by atoms with Gasteiger partial charge in [0.05, 0.1) is 24.0 Å². The zero-order valence-corrected chi connectivity index (χ0v) is 13.9. The molecule has 6 heteroatoms. The molecule has 0 saturated carbocycles. The van der Waals surface area contributed by atoms with Gasteiger partial charge in [0.15, 0.2) is 0 Å². The molecule has 124 valence electrons. The Kier molecular flexibility index (Phi) is 5.43. The number of aromatic nitrogens is 2. The van der Waals surface area contributed by atoms with Crippen LogP contribution in [-0.2, 0) is 4.79 Å². The molecule has 1 atom stereocenters. The molecule has 0 unspecified atom stereocenters. The molecule has 0 aliphatic carbocycles. The normalized spacial score (nSPS) is 17.9. The lowest BCUT2D eigenvalue weighted by molar-refractivity contribution is -0.128. The SMILES string of the molecule is O=C(/C=C/c1ccccc1)N1CCC[C@H](Oc2ncc(Cl)cn2)C1. The summed E-state index contributed by atoms with van der Waals surface area (Å²) in [6.45, 7) is 1.27. The van der Waals surface area contributed by atoms with Gasteiger partial charge in [0.2, 0.25) is 5.91 Å². The van der Waals surface area contributed by atoms with Crippen LogP contribution in [0.25, 0.3) is 6.08 Å². The van der Waals surface area contributed by atoms with Crippen LogP contribution in [-0.4, -0.2) is 40.0 Å². The van der Waals surface area contributed by atoms with Crippen molar-refractivity contribution in [3.8, 4) is 6.01 Å². The zero-order chi connectivity index (χ0) is 16.8. The monoisotopic (exact) mass is 343 g/mol. The third kappa shape index (κ3) is 4.55. The van der Waals surface area contributed by atoms with Crippen molar-refractivity contribution in [2.45, 2.75) is 18.9 Å². The molecule has 1 fully saturated rings. The summed E-state index contributed by atoms with van der Waals surface area (Å²) in [5.41, 5.74) is 1.00. The van der Waals surface area contributed by atoms with E-state index in [1.165, 1.54) is 12.4 Å². The van der Waals surface area contributed by atoms with E-state index in [1.807, 2.05) is 36.4 Å². The summed E-state index contributed by atoms with van der Waals surface area (Å²) < 4.78 is 5.75. The number of likely N-dealkylation sites (tertiary alicyclic amines) is 1. The molecule has 5 nitrogen and oxygen atoms in total. The molecule has 1 amide bonds. The maximum absolute atomic E-state index is 12.3. The third-order valence-electron chi connectivity index (χ3n) is 3.78. The zero-order valence-electron chi connectivity index (χ0n) is 13.1. The number of hydrogen-bond acceptors (Lipinski definition) is 4. The van der Waals surface area contributed by atoms with E-state index in [-0.39, 0.29) is 12.0 Å². The molecular weight excluding hydrogens is 326 g/mol. The van der Waals surface area contributed by atoms with Crippen molar-refractivity contribution in [3.63, 3.8) is 0 Å². The number of benzene rings is 1. The Morgan fingerprint density at radius 2 is 2.00 bits per heavy atom. The van der Waals surface area contributed by atoms with Gasteiger partial charge in [-0.3, -0.25) is 4.79 Å². The van der Waals surface area contributed by atoms with Gasteiger partial charge in [-0.1, -0.05) is 41.9 Å². The lowest BCUT2D eigenvalue weighted by Crippen LogP contribution is -2.43. The fourth-order valence-corrected chi connectivity index (χ4v) is 2.68. The van der Waals surface area contributed by atoms with E-state index < -0.39 is 0 Å². The van der Waals surface area contributed by atoms with Crippen LogP contribution in [0.1, 0.15) is 18.4 Å². The molecule has 0 spiro atoms. The molecule has 2 heterocycles. The van der Waals surface area contributed by atoms with Crippen LogP contribution in [0.5, 0.6) is 6.01 Å². The second kappa shape index (κ2) is 7.93. The minimum Gasteiger partial charge on any atom is -0.458 e. The standard InChI is InChI=1S/C18H18ClN3O2/c19-15-11-20-18(21-12-15)24-16-7-4-10-22(13-16)17(23)9-8-14-5-2-1-3-6-14/h1-3,5-6,8-9,11-12,16H,4,7,10,13H2/b9-8+/t16-/m0/s1. The highest BCUT2D eigenvalue weighted by atomic mass is 35.5. The number of carbonyl (C=O) groups excluding carboxylic acids is 1. The third-order valence-corrected chi connectivity index (χ3v) is 3.97. The first-order chi connectivity index (χ1) is 11.7. The van der Waals surface area contributed by atoms with E-state index in [0.717, 1.165) is 24.9 Å². The predicted molar refractivity (Wildman–Crippen MR) is 92.7 cm³/mol. The molecule has 0 radical (unpaired) electrons. The van der Waals surface area contributed by atoms with Gasteiger partial charge < -0.3 is 9.64 Å². The summed E-state index contributed by atoms with van der Waals surface area (Å²) in [6.07, 6.45) is 8.10. The minimum atomic E-state index is -0.103. The summed E-state index contributed by atoms with van der Waals surface area (Å²) in [7, 11) is 0. The number of rotatable bonds is 4. The molecule has 24 heavy (non-hydrogen) atoms. The molecular formula is C18H18ClN3O2. The number of halogens is 1. The maximum atomic E-state index is 12.3. The van der Waals surface area contributed by atoms with Gasteiger partial charge in [-0.25, -0.2) is 9.97 Å². The quantitative estimate of drug-likeness (QED) is 0.800. The first-order valence-electron chi connectivity index (χ1n) is 7.87. The molecule has 2 aromatic rings. The van der Waals surface area contributed by atoms with E-state index >= 15 is 0 Å². The van der Waals surface area contributed by atoms with Gasteiger partial charge in [0.1, 0.15) is 6.10 Å². The van der Waals surface area contributed by atoms with Crippen LogP contribution in [0.2, 0.25) is 5.02 Å². The van der Waals surface area contributed by atoms with Crippen molar-refractivity contribution < 1.29 is 9.53 Å². The molecule has 0 bridgehead atoms. The summed E-state index contributed by atoms with van der Waals surface area (Å²) in [5, 5.41) is 0.467. The Hall–Kier alpha value is -2.40. The minimum absolute atomic E-state index is 0.0100. The van der Waals surface area contributed by atoms with Crippen molar-refractivity contribution in [2.75, 3.05) is 13.1 Å². The first-order valence-corrected chi connectivity index (χ1v) is 8.25. The van der Waals surface area contributed by atoms with Gasteiger partial charge in [0.25, 0.3) is 0 Å². The predicted octanol–water partition coefficient (Wildman–Crippen LogP) is 3.21. The van der Waals surface area contributed by atoms with E-state index in [9.17, 15) is 4.79 Å². The number of carbonyl (C=O) groups is 1. The molecule has 1 aliphatic rings. The Balaban J connectivity index is 1.57. The van der Waals surface area contributed by atoms with Crippen molar-refractivity contribution in [1.82, 2.24) is 14.9 Å². The molecule has 3 rings (SSSR count). The van der Waals surface area contributed by atoms with Crippen molar-refractivity contribution >= 4 is 23.6 Å². The Bertz CT molecular complexity index is 704. The summed E-state index contributed by atoms with van der Waals surface area (Å²) >= 11 is 5.76. The van der Waals surface area contributed by atoms with Gasteiger partial charge in [-0.2, -0.15) is 0 Å². The average Bonchev–Trinajstić information content (AvgIpc) is 2.63. The first kappa shape index (κ1) is 16.5. The summed E-state index contributed by atoms with van der Waals surface area (Å²) in [5.74, 6) is -0.0100. The molecule has 1 aromatic carbocycles. The van der Waals surface area contributed by atoms with E-state index in [0.29, 0.717) is 17.6 Å². The van der Waals surface area contributed by atoms with Gasteiger partial charge in [0, 0.05) is 12.6 Å². The fraction of sp³-hybridized carbons (Fsp3) is 0.278. The Morgan fingerprint density at radius 3 is 2.75 bits per heavy atom. The number of nitrogens with zero attached hydrogens (tertiary/aromatic N) is 3. The Morgan fingerprint density at radius 1 is 1.25 bits per heavy atom. The fourth-order valence-electron chi connectivity index (χ4n) is 2.58. The second-order valence-corrected chi connectivity index (χ2v) is 6.03.